The van der Waals surface area contributed by atoms with Crippen LogP contribution in [0.4, 0.5) is 0 Å². The van der Waals surface area contributed by atoms with Crippen molar-refractivity contribution in [2.75, 3.05) is 26.4 Å². The zero-order valence-corrected chi connectivity index (χ0v) is 35.0. The largest absolute Gasteiger partial charge is 0.472 e. The molecule has 0 aliphatic heterocycles. The van der Waals surface area contributed by atoms with E-state index in [1.54, 1.807) is 12.2 Å². The van der Waals surface area contributed by atoms with E-state index in [9.17, 15) is 34.1 Å². The van der Waals surface area contributed by atoms with Crippen molar-refractivity contribution < 1.29 is 52.6 Å². The molecule has 1 aliphatic carbocycles. The van der Waals surface area contributed by atoms with Crippen LogP contribution >= 0.6 is 7.82 Å². The maximum absolute atomic E-state index is 12.6. The van der Waals surface area contributed by atoms with E-state index in [4.69, 9.17) is 24.3 Å². The molecule has 0 radical (unpaired) electrons. The number of aliphatic hydroxyl groups excluding tert-OH is 2. The van der Waals surface area contributed by atoms with Crippen molar-refractivity contribution in [1.82, 2.24) is 0 Å². The lowest BCUT2D eigenvalue weighted by molar-refractivity contribution is -0.161. The minimum Gasteiger partial charge on any atom is -0.462 e. The summed E-state index contributed by atoms with van der Waals surface area (Å²) in [5.74, 6) is -1.62. The van der Waals surface area contributed by atoms with Crippen LogP contribution in [-0.2, 0) is 37.5 Å². The third kappa shape index (κ3) is 27.0. The summed E-state index contributed by atoms with van der Waals surface area (Å²) in [7, 11) is -4.45. The highest BCUT2D eigenvalue weighted by Gasteiger charge is 2.39. The quantitative estimate of drug-likeness (QED) is 0.0211. The lowest BCUT2D eigenvalue weighted by atomic mass is 9.88. The van der Waals surface area contributed by atoms with Gasteiger partial charge >= 0.3 is 19.8 Å². The molecule has 0 heterocycles. The van der Waals surface area contributed by atoms with Gasteiger partial charge in [0.1, 0.15) is 12.4 Å². The zero-order chi connectivity index (χ0) is 41.3. The predicted octanol–water partition coefficient (Wildman–Crippen LogP) is 8.30. The number of phosphoric acid groups is 1. The van der Waals surface area contributed by atoms with Gasteiger partial charge < -0.3 is 30.3 Å². The number of unbranched alkanes of at least 4 members (excludes halogenated alkanes) is 7. The molecule has 13 heteroatoms. The Labute approximate surface area is 336 Å². The topological polar surface area (TPSA) is 192 Å². The van der Waals surface area contributed by atoms with Crippen molar-refractivity contribution in [3.05, 3.63) is 60.8 Å². The van der Waals surface area contributed by atoms with Gasteiger partial charge in [0.25, 0.3) is 0 Å². The molecular formula is C43H72NO11P. The number of ether oxygens (including phenoxy) is 2. The van der Waals surface area contributed by atoms with Gasteiger partial charge in [0.15, 0.2) is 6.10 Å². The molecular weight excluding hydrogens is 737 g/mol. The first kappa shape index (κ1) is 51.3. The molecule has 1 fully saturated rings. The van der Waals surface area contributed by atoms with E-state index in [1.165, 1.54) is 0 Å². The van der Waals surface area contributed by atoms with Gasteiger partial charge in [-0.1, -0.05) is 113 Å². The van der Waals surface area contributed by atoms with Crippen LogP contribution in [0.3, 0.4) is 0 Å². The van der Waals surface area contributed by atoms with Crippen molar-refractivity contribution in [2.24, 2.45) is 17.6 Å². The summed E-state index contributed by atoms with van der Waals surface area (Å²) < 4.78 is 32.7. The number of hydrogen-bond donors (Lipinski definition) is 4. The Balaban J connectivity index is 2.43. The second-order valence-electron chi connectivity index (χ2n) is 14.3. The normalized spacial score (nSPS) is 19.9. The monoisotopic (exact) mass is 809 g/mol. The van der Waals surface area contributed by atoms with Crippen LogP contribution in [0.5, 0.6) is 0 Å². The van der Waals surface area contributed by atoms with E-state index in [0.29, 0.717) is 25.7 Å². The Morgan fingerprint density at radius 1 is 0.839 bits per heavy atom. The molecule has 6 atom stereocenters. The first-order valence-corrected chi connectivity index (χ1v) is 22.4. The minimum absolute atomic E-state index is 0.000707. The summed E-state index contributed by atoms with van der Waals surface area (Å²) in [5, 5.41) is 20.7. The van der Waals surface area contributed by atoms with Gasteiger partial charge in [-0.3, -0.25) is 23.4 Å². The molecule has 1 aliphatic rings. The van der Waals surface area contributed by atoms with E-state index in [1.807, 2.05) is 0 Å². The number of Topliss-reactive ketones (excluding diaryl/α,β-unsaturated/α-hetero) is 1. The highest BCUT2D eigenvalue weighted by Crippen LogP contribution is 2.43. The minimum atomic E-state index is -4.45. The number of hydrogen-bond acceptors (Lipinski definition) is 11. The number of carbonyl (C=O) groups excluding carboxylic acids is 3. The fourth-order valence-electron chi connectivity index (χ4n) is 6.18. The van der Waals surface area contributed by atoms with Crippen LogP contribution in [0.25, 0.3) is 0 Å². The highest BCUT2D eigenvalue weighted by atomic mass is 31.2. The summed E-state index contributed by atoms with van der Waals surface area (Å²) in [6.45, 7) is 3.17. The summed E-state index contributed by atoms with van der Waals surface area (Å²) in [4.78, 5) is 47.5. The summed E-state index contributed by atoms with van der Waals surface area (Å²) >= 11 is 0. The van der Waals surface area contributed by atoms with Gasteiger partial charge in [-0.05, 0) is 70.1 Å². The number of aliphatic hydroxyl groups is 2. The number of rotatable bonds is 34. The molecule has 320 valence electrons. The van der Waals surface area contributed by atoms with Crippen LogP contribution in [0.1, 0.15) is 136 Å². The Morgan fingerprint density at radius 2 is 1.48 bits per heavy atom. The Bertz CT molecular complexity index is 1260. The molecule has 56 heavy (non-hydrogen) atoms. The van der Waals surface area contributed by atoms with Crippen molar-refractivity contribution >= 4 is 25.5 Å². The third-order valence-corrected chi connectivity index (χ3v) is 10.3. The first-order valence-electron chi connectivity index (χ1n) is 20.9. The number of ketones is 1. The molecule has 0 saturated heterocycles. The SMILES string of the molecule is CC/C=C\C/C=C\C/C=C\C/C=C\CCCCC(=O)O[C@H](COC(=O)CCCCCC[C@H]1[C@@H](O)CC(=O)[C@@H]1/C=C/[C@@H](O)CCCCC)COP(=O)(O)OCCN. The fourth-order valence-corrected chi connectivity index (χ4v) is 6.94. The average Bonchev–Trinajstić information content (AvgIpc) is 3.44. The molecule has 0 aromatic carbocycles. The number of carbonyl (C=O) groups is 3. The summed E-state index contributed by atoms with van der Waals surface area (Å²) in [6, 6.07) is 0. The lowest BCUT2D eigenvalue weighted by Gasteiger charge is -2.20. The molecule has 0 bridgehead atoms. The average molecular weight is 810 g/mol. The van der Waals surface area contributed by atoms with Gasteiger partial charge in [-0.15, -0.1) is 0 Å². The number of allylic oxidation sites excluding steroid dienone is 9. The van der Waals surface area contributed by atoms with E-state index in [0.717, 1.165) is 77.0 Å². The molecule has 12 nitrogen and oxygen atoms in total. The van der Waals surface area contributed by atoms with Gasteiger partial charge in [0.2, 0.25) is 0 Å². The second kappa shape index (κ2) is 33.3. The predicted molar refractivity (Wildman–Crippen MR) is 220 cm³/mol. The number of phosphoric ester groups is 1. The molecule has 5 N–H and O–H groups in total. The standard InChI is InChI=1S/C43H72NO11P/c1-3-5-7-8-9-10-11-12-13-14-15-16-17-18-24-28-43(49)55-37(35-54-56(50,51)53-32-31-44)34-52-42(48)27-23-20-19-22-26-38-39(41(47)33-40(38)46)30-29-36(45)25-21-6-4-2/h5,7,9-10,12-13,15-16,29-30,36-40,45-46H,3-4,6,8,11,14,17-28,31-35,44H2,1-2H3,(H,50,51)/b7-5-,10-9-,13-12-,16-15-,30-29+/t36-,37+,38+,39+,40-/m0/s1. The van der Waals surface area contributed by atoms with E-state index in [2.05, 4.69) is 62.5 Å². The Morgan fingerprint density at radius 3 is 2.16 bits per heavy atom. The van der Waals surface area contributed by atoms with Gasteiger partial charge in [-0.25, -0.2) is 4.57 Å². The highest BCUT2D eigenvalue weighted by molar-refractivity contribution is 7.47. The number of nitrogens with two attached hydrogens (primary N) is 1. The van der Waals surface area contributed by atoms with Crippen LogP contribution in [0.2, 0.25) is 0 Å². The second-order valence-corrected chi connectivity index (χ2v) is 15.7. The smallest absolute Gasteiger partial charge is 0.462 e. The molecule has 1 unspecified atom stereocenters. The molecule has 0 spiro atoms. The van der Waals surface area contributed by atoms with E-state index < -0.39 is 50.6 Å². The molecule has 1 rings (SSSR count). The fraction of sp³-hybridized carbons (Fsp3) is 0.698. The van der Waals surface area contributed by atoms with Gasteiger partial charge in [-0.2, -0.15) is 0 Å². The summed E-state index contributed by atoms with van der Waals surface area (Å²) in [6.07, 6.45) is 31.7. The third-order valence-electron chi connectivity index (χ3n) is 9.29. The maximum atomic E-state index is 12.6. The lowest BCUT2D eigenvalue weighted by Crippen LogP contribution is -2.29. The zero-order valence-electron chi connectivity index (χ0n) is 34.1. The van der Waals surface area contributed by atoms with Crippen LogP contribution < -0.4 is 5.73 Å². The Hall–Kier alpha value is -2.70. The van der Waals surface area contributed by atoms with E-state index in [-0.39, 0.29) is 50.7 Å². The first-order chi connectivity index (χ1) is 27.0. The van der Waals surface area contributed by atoms with Crippen LogP contribution in [0, 0.1) is 11.8 Å². The molecule has 0 amide bonds. The van der Waals surface area contributed by atoms with Crippen molar-refractivity contribution in [3.63, 3.8) is 0 Å². The molecule has 0 aromatic heterocycles. The molecule has 0 aromatic rings. The van der Waals surface area contributed by atoms with Crippen LogP contribution in [-0.4, -0.2) is 77.5 Å². The van der Waals surface area contributed by atoms with Crippen molar-refractivity contribution in [1.29, 1.82) is 0 Å². The van der Waals surface area contributed by atoms with Crippen molar-refractivity contribution in [2.45, 2.75) is 154 Å². The van der Waals surface area contributed by atoms with Gasteiger partial charge in [0.05, 0.1) is 25.4 Å². The van der Waals surface area contributed by atoms with Gasteiger partial charge in [0, 0.05) is 31.7 Å². The maximum Gasteiger partial charge on any atom is 0.472 e. The number of esters is 2. The van der Waals surface area contributed by atoms with E-state index >= 15 is 0 Å². The van der Waals surface area contributed by atoms with Crippen LogP contribution in [0.15, 0.2) is 60.8 Å². The molecule has 1 saturated carbocycles. The summed E-state index contributed by atoms with van der Waals surface area (Å²) in [5.41, 5.74) is 5.33. The van der Waals surface area contributed by atoms with Crippen molar-refractivity contribution in [3.8, 4) is 0 Å². The Kier molecular flexibility index (Phi) is 30.5.